The zero-order valence-electron chi connectivity index (χ0n) is 18.9. The molecule has 3 aromatic rings. The number of anilines is 2. The Morgan fingerprint density at radius 1 is 0.939 bits per heavy atom. The minimum atomic E-state index is -3.83. The number of aryl methyl sites for hydroxylation is 3. The Morgan fingerprint density at radius 2 is 1.64 bits per heavy atom. The van der Waals surface area contributed by atoms with E-state index in [-0.39, 0.29) is 23.0 Å². The van der Waals surface area contributed by atoms with Gasteiger partial charge in [0.15, 0.2) is 11.5 Å². The van der Waals surface area contributed by atoms with Gasteiger partial charge in [-0.3, -0.25) is 9.52 Å². The van der Waals surface area contributed by atoms with Gasteiger partial charge in [0.2, 0.25) is 5.91 Å². The largest absolute Gasteiger partial charge is 0.493 e. The third kappa shape index (κ3) is 6.42. The number of carbonyl (C=O) groups is 1. The molecular formula is C23H26N4O5S. The molecule has 0 bridgehead atoms. The highest BCUT2D eigenvalue weighted by Gasteiger charge is 2.16. The molecule has 0 atom stereocenters. The Morgan fingerprint density at radius 3 is 2.27 bits per heavy atom. The average molecular weight is 471 g/mol. The molecule has 0 saturated carbocycles. The number of aromatic nitrogens is 2. The lowest BCUT2D eigenvalue weighted by Crippen LogP contribution is -2.15. The summed E-state index contributed by atoms with van der Waals surface area (Å²) in [6.07, 6.45) is 0.768. The fourth-order valence-electron chi connectivity index (χ4n) is 3.20. The summed E-state index contributed by atoms with van der Waals surface area (Å²) in [4.78, 5) is 20.6. The molecule has 0 aliphatic heterocycles. The maximum atomic E-state index is 12.6. The molecule has 0 fully saturated rings. The van der Waals surface area contributed by atoms with Gasteiger partial charge in [-0.15, -0.1) is 0 Å². The summed E-state index contributed by atoms with van der Waals surface area (Å²) >= 11 is 0. The van der Waals surface area contributed by atoms with E-state index in [1.807, 2.05) is 12.1 Å². The second kappa shape index (κ2) is 10.3. The number of nitrogens with one attached hydrogen (secondary N) is 2. The van der Waals surface area contributed by atoms with E-state index in [2.05, 4.69) is 20.0 Å². The number of hydrogen-bond acceptors (Lipinski definition) is 7. The van der Waals surface area contributed by atoms with Crippen LogP contribution in [-0.4, -0.2) is 38.5 Å². The van der Waals surface area contributed by atoms with Crippen molar-refractivity contribution >= 4 is 27.4 Å². The zero-order chi connectivity index (χ0) is 24.0. The Hall–Kier alpha value is -3.66. The van der Waals surface area contributed by atoms with Crippen LogP contribution in [0.2, 0.25) is 0 Å². The number of benzene rings is 2. The molecule has 1 aromatic heterocycles. The van der Waals surface area contributed by atoms with E-state index in [0.717, 1.165) is 5.56 Å². The number of carbonyl (C=O) groups excluding carboxylic acids is 1. The first-order chi connectivity index (χ1) is 15.7. The molecule has 0 radical (unpaired) electrons. The monoisotopic (exact) mass is 470 g/mol. The quantitative estimate of drug-likeness (QED) is 0.491. The highest BCUT2D eigenvalue weighted by Crippen LogP contribution is 2.28. The van der Waals surface area contributed by atoms with E-state index in [9.17, 15) is 13.2 Å². The Labute approximate surface area is 193 Å². The van der Waals surface area contributed by atoms with Crippen molar-refractivity contribution in [3.63, 3.8) is 0 Å². The van der Waals surface area contributed by atoms with Crippen LogP contribution in [0.3, 0.4) is 0 Å². The second-order valence-corrected chi connectivity index (χ2v) is 8.99. The molecule has 10 heteroatoms. The predicted octanol–water partition coefficient (Wildman–Crippen LogP) is 3.48. The fourth-order valence-corrected chi connectivity index (χ4v) is 4.19. The van der Waals surface area contributed by atoms with Crippen molar-refractivity contribution in [2.75, 3.05) is 24.3 Å². The van der Waals surface area contributed by atoms with Gasteiger partial charge >= 0.3 is 0 Å². The van der Waals surface area contributed by atoms with Crippen LogP contribution in [0.4, 0.5) is 11.5 Å². The SMILES string of the molecule is COc1ccc(CCC(=O)Nc2ccc(S(=O)(=O)Nc3cc(C)nc(C)n3)cc2)cc1OC. The van der Waals surface area contributed by atoms with Crippen LogP contribution in [0, 0.1) is 13.8 Å². The molecule has 1 heterocycles. The van der Waals surface area contributed by atoms with Gasteiger partial charge in [0.25, 0.3) is 10.0 Å². The molecule has 2 N–H and O–H groups in total. The average Bonchev–Trinajstić information content (AvgIpc) is 2.76. The molecule has 0 unspecified atom stereocenters. The lowest BCUT2D eigenvalue weighted by Gasteiger charge is -2.11. The van der Waals surface area contributed by atoms with E-state index >= 15 is 0 Å². The third-order valence-corrected chi connectivity index (χ3v) is 6.11. The summed E-state index contributed by atoms with van der Waals surface area (Å²) in [7, 11) is -0.702. The van der Waals surface area contributed by atoms with E-state index in [1.165, 1.54) is 12.1 Å². The molecular weight excluding hydrogens is 444 g/mol. The van der Waals surface area contributed by atoms with Crippen LogP contribution >= 0.6 is 0 Å². The summed E-state index contributed by atoms with van der Waals surface area (Å²) in [6, 6.07) is 13.0. The first-order valence-corrected chi connectivity index (χ1v) is 11.6. The van der Waals surface area contributed by atoms with Crippen molar-refractivity contribution < 1.29 is 22.7 Å². The standard InChI is InChI=1S/C23H26N4O5S/c1-15-13-22(25-16(2)24-15)27-33(29,30)19-9-7-18(8-10-19)26-23(28)12-6-17-5-11-20(31-3)21(14-17)32-4/h5,7-11,13-14H,6,12H2,1-4H3,(H,26,28)(H,24,25,27). The van der Waals surface area contributed by atoms with E-state index in [0.29, 0.717) is 35.1 Å². The second-order valence-electron chi connectivity index (χ2n) is 7.31. The van der Waals surface area contributed by atoms with Crippen molar-refractivity contribution in [2.45, 2.75) is 31.6 Å². The Kier molecular flexibility index (Phi) is 7.49. The minimum Gasteiger partial charge on any atom is -0.493 e. The maximum Gasteiger partial charge on any atom is 0.263 e. The molecule has 9 nitrogen and oxygen atoms in total. The van der Waals surface area contributed by atoms with E-state index < -0.39 is 10.0 Å². The number of sulfonamides is 1. The summed E-state index contributed by atoms with van der Waals surface area (Å²) in [5, 5.41) is 2.78. The molecule has 0 spiro atoms. The first kappa shape index (κ1) is 24.0. The molecule has 2 aromatic carbocycles. The number of nitrogens with zero attached hydrogens (tertiary/aromatic N) is 2. The van der Waals surface area contributed by atoms with Crippen LogP contribution in [-0.2, 0) is 21.2 Å². The van der Waals surface area contributed by atoms with Crippen LogP contribution in [0.15, 0.2) is 53.4 Å². The first-order valence-electron chi connectivity index (χ1n) is 10.2. The molecule has 3 rings (SSSR count). The summed E-state index contributed by atoms with van der Waals surface area (Å²) in [6.45, 7) is 3.45. The van der Waals surface area contributed by atoms with Crippen molar-refractivity contribution in [3.8, 4) is 11.5 Å². The lowest BCUT2D eigenvalue weighted by atomic mass is 10.1. The number of hydrogen-bond donors (Lipinski definition) is 2. The van der Waals surface area contributed by atoms with Gasteiger partial charge in [-0.1, -0.05) is 6.07 Å². The fraction of sp³-hybridized carbons (Fsp3) is 0.261. The van der Waals surface area contributed by atoms with E-state index in [4.69, 9.17) is 9.47 Å². The molecule has 33 heavy (non-hydrogen) atoms. The number of amides is 1. The smallest absolute Gasteiger partial charge is 0.263 e. The zero-order valence-corrected chi connectivity index (χ0v) is 19.7. The Balaban J connectivity index is 1.60. The van der Waals surface area contributed by atoms with Gasteiger partial charge in [0.05, 0.1) is 19.1 Å². The highest BCUT2D eigenvalue weighted by molar-refractivity contribution is 7.92. The number of methoxy groups -OCH3 is 2. The van der Waals surface area contributed by atoms with Gasteiger partial charge in [-0.25, -0.2) is 18.4 Å². The Bertz CT molecular complexity index is 1220. The number of ether oxygens (including phenoxy) is 2. The minimum absolute atomic E-state index is 0.0553. The van der Waals surface area contributed by atoms with Crippen LogP contribution < -0.4 is 19.5 Å². The topological polar surface area (TPSA) is 120 Å². The van der Waals surface area contributed by atoms with Crippen molar-refractivity contribution in [2.24, 2.45) is 0 Å². The van der Waals surface area contributed by atoms with E-state index in [1.54, 1.807) is 52.3 Å². The molecule has 174 valence electrons. The van der Waals surface area contributed by atoms with Gasteiger partial charge in [-0.05, 0) is 62.2 Å². The normalized spacial score (nSPS) is 11.0. The predicted molar refractivity (Wildman–Crippen MR) is 125 cm³/mol. The van der Waals surface area contributed by atoms with Gasteiger partial charge in [0.1, 0.15) is 11.6 Å². The van der Waals surface area contributed by atoms with Crippen LogP contribution in [0.25, 0.3) is 0 Å². The summed E-state index contributed by atoms with van der Waals surface area (Å²) in [5.41, 5.74) is 2.09. The van der Waals surface area contributed by atoms with Crippen LogP contribution in [0.5, 0.6) is 11.5 Å². The molecule has 1 amide bonds. The molecule has 0 aliphatic carbocycles. The van der Waals surface area contributed by atoms with Crippen molar-refractivity contribution in [1.82, 2.24) is 9.97 Å². The van der Waals surface area contributed by atoms with Crippen molar-refractivity contribution in [3.05, 3.63) is 65.6 Å². The molecule has 0 saturated heterocycles. The lowest BCUT2D eigenvalue weighted by molar-refractivity contribution is -0.116. The highest BCUT2D eigenvalue weighted by atomic mass is 32.2. The summed E-state index contributed by atoms with van der Waals surface area (Å²) in [5.74, 6) is 1.71. The van der Waals surface area contributed by atoms with Gasteiger partial charge in [-0.2, -0.15) is 0 Å². The third-order valence-electron chi connectivity index (χ3n) is 4.74. The summed E-state index contributed by atoms with van der Waals surface area (Å²) < 4.78 is 38.2. The number of rotatable bonds is 9. The van der Waals surface area contributed by atoms with Crippen LogP contribution in [0.1, 0.15) is 23.5 Å². The maximum absolute atomic E-state index is 12.6. The van der Waals surface area contributed by atoms with Crippen molar-refractivity contribution in [1.29, 1.82) is 0 Å². The molecule has 0 aliphatic rings. The van der Waals surface area contributed by atoms with Gasteiger partial charge in [0, 0.05) is 23.9 Å². The van der Waals surface area contributed by atoms with Gasteiger partial charge < -0.3 is 14.8 Å².